The molecule has 0 unspecified atom stereocenters. The van der Waals surface area contributed by atoms with E-state index in [1.807, 2.05) is 6.92 Å². The number of aliphatic hydroxyl groups is 1. The fraction of sp³-hybridized carbons (Fsp3) is 0.500. The summed E-state index contributed by atoms with van der Waals surface area (Å²) in [6, 6.07) is 4.36. The lowest BCUT2D eigenvalue weighted by molar-refractivity contribution is 0.185. The molecule has 14 heavy (non-hydrogen) atoms. The van der Waals surface area contributed by atoms with Crippen molar-refractivity contribution in [2.24, 2.45) is 0 Å². The molecule has 1 atom stereocenters. The molecule has 0 aromatic heterocycles. The summed E-state index contributed by atoms with van der Waals surface area (Å²) in [6.07, 6.45) is 1.58. The van der Waals surface area contributed by atoms with E-state index in [2.05, 4.69) is 41.9 Å². The standard InChI is InChI=1S/C12H17BrO/c1-8-6-11(5-4-10(3)14)7-9(2)12(8)13/h6-7,10,14H,4-5H2,1-3H3/t10-/m1/s1. The van der Waals surface area contributed by atoms with Gasteiger partial charge in [-0.3, -0.25) is 0 Å². The second-order valence-corrected chi connectivity index (χ2v) is 4.72. The average molecular weight is 257 g/mol. The summed E-state index contributed by atoms with van der Waals surface area (Å²) >= 11 is 3.54. The van der Waals surface area contributed by atoms with Crippen molar-refractivity contribution in [2.45, 2.75) is 39.7 Å². The number of halogens is 1. The molecule has 2 heteroatoms. The molecule has 0 aliphatic heterocycles. The van der Waals surface area contributed by atoms with Gasteiger partial charge in [-0.1, -0.05) is 28.1 Å². The van der Waals surface area contributed by atoms with Gasteiger partial charge in [-0.2, -0.15) is 0 Å². The predicted molar refractivity (Wildman–Crippen MR) is 63.6 cm³/mol. The summed E-state index contributed by atoms with van der Waals surface area (Å²) in [4.78, 5) is 0. The van der Waals surface area contributed by atoms with Gasteiger partial charge in [0.05, 0.1) is 6.10 Å². The molecule has 1 nitrogen and oxygen atoms in total. The first kappa shape index (κ1) is 11.7. The zero-order valence-corrected chi connectivity index (χ0v) is 10.6. The first-order chi connectivity index (χ1) is 6.50. The van der Waals surface area contributed by atoms with Crippen LogP contribution in [0, 0.1) is 13.8 Å². The summed E-state index contributed by atoms with van der Waals surface area (Å²) in [7, 11) is 0. The summed E-state index contributed by atoms with van der Waals surface area (Å²) in [5.41, 5.74) is 3.85. The smallest absolute Gasteiger partial charge is 0.0515 e. The minimum absolute atomic E-state index is 0.209. The van der Waals surface area contributed by atoms with Crippen molar-refractivity contribution in [3.05, 3.63) is 33.3 Å². The molecule has 0 saturated heterocycles. The Bertz CT molecular complexity index is 295. The third-order valence-electron chi connectivity index (χ3n) is 2.35. The average Bonchev–Trinajstić information content (AvgIpc) is 2.10. The monoisotopic (exact) mass is 256 g/mol. The van der Waals surface area contributed by atoms with Crippen molar-refractivity contribution in [2.75, 3.05) is 0 Å². The number of hydrogen-bond donors (Lipinski definition) is 1. The molecule has 78 valence electrons. The van der Waals surface area contributed by atoms with Gasteiger partial charge in [-0.05, 0) is 50.3 Å². The molecular weight excluding hydrogens is 240 g/mol. The fourth-order valence-corrected chi connectivity index (χ4v) is 1.78. The number of hydrogen-bond acceptors (Lipinski definition) is 1. The van der Waals surface area contributed by atoms with Gasteiger partial charge in [0.1, 0.15) is 0 Å². The Morgan fingerprint density at radius 2 is 1.79 bits per heavy atom. The van der Waals surface area contributed by atoms with Gasteiger partial charge in [-0.15, -0.1) is 0 Å². The Labute approximate surface area is 94.3 Å². The second kappa shape index (κ2) is 4.94. The summed E-state index contributed by atoms with van der Waals surface area (Å²) in [6.45, 7) is 6.03. The molecule has 0 radical (unpaired) electrons. The number of benzene rings is 1. The quantitative estimate of drug-likeness (QED) is 0.880. The SMILES string of the molecule is Cc1cc(CC[C@@H](C)O)cc(C)c1Br. The molecule has 0 heterocycles. The first-order valence-corrected chi connectivity index (χ1v) is 5.73. The molecule has 0 aliphatic rings. The molecule has 1 rings (SSSR count). The maximum atomic E-state index is 9.20. The van der Waals surface area contributed by atoms with Crippen LogP contribution in [0.3, 0.4) is 0 Å². The topological polar surface area (TPSA) is 20.2 Å². The van der Waals surface area contributed by atoms with Crippen LogP contribution in [0.15, 0.2) is 16.6 Å². The predicted octanol–water partition coefficient (Wildman–Crippen LogP) is 3.38. The van der Waals surface area contributed by atoms with Crippen LogP contribution in [-0.2, 0) is 6.42 Å². The molecule has 0 amide bonds. The lowest BCUT2D eigenvalue weighted by Gasteiger charge is -2.09. The maximum absolute atomic E-state index is 9.20. The highest BCUT2D eigenvalue weighted by Crippen LogP contribution is 2.23. The van der Waals surface area contributed by atoms with E-state index in [0.717, 1.165) is 12.8 Å². The summed E-state index contributed by atoms with van der Waals surface area (Å²) in [5.74, 6) is 0. The van der Waals surface area contributed by atoms with Gasteiger partial charge in [0.15, 0.2) is 0 Å². The van der Waals surface area contributed by atoms with E-state index in [1.165, 1.54) is 21.2 Å². The van der Waals surface area contributed by atoms with Crippen molar-refractivity contribution in [3.63, 3.8) is 0 Å². The van der Waals surface area contributed by atoms with E-state index in [4.69, 9.17) is 0 Å². The highest BCUT2D eigenvalue weighted by atomic mass is 79.9. The van der Waals surface area contributed by atoms with Crippen molar-refractivity contribution in [3.8, 4) is 0 Å². The van der Waals surface area contributed by atoms with Crippen LogP contribution >= 0.6 is 15.9 Å². The zero-order valence-electron chi connectivity index (χ0n) is 8.97. The molecular formula is C12H17BrO. The fourth-order valence-electron chi connectivity index (χ4n) is 1.56. The molecule has 1 N–H and O–H groups in total. The van der Waals surface area contributed by atoms with Crippen molar-refractivity contribution in [1.82, 2.24) is 0 Å². The molecule has 0 bridgehead atoms. The lowest BCUT2D eigenvalue weighted by atomic mass is 10.0. The first-order valence-electron chi connectivity index (χ1n) is 4.94. The lowest BCUT2D eigenvalue weighted by Crippen LogP contribution is -2.01. The normalized spacial score (nSPS) is 12.9. The number of aryl methyl sites for hydroxylation is 3. The van der Waals surface area contributed by atoms with E-state index in [1.54, 1.807) is 0 Å². The Hall–Kier alpha value is -0.340. The maximum Gasteiger partial charge on any atom is 0.0515 e. The van der Waals surface area contributed by atoms with E-state index < -0.39 is 0 Å². The van der Waals surface area contributed by atoms with Crippen molar-refractivity contribution in [1.29, 1.82) is 0 Å². The molecule has 1 aromatic carbocycles. The number of rotatable bonds is 3. The molecule has 0 aliphatic carbocycles. The minimum Gasteiger partial charge on any atom is -0.393 e. The highest BCUT2D eigenvalue weighted by molar-refractivity contribution is 9.10. The van der Waals surface area contributed by atoms with Crippen molar-refractivity contribution >= 4 is 15.9 Å². The van der Waals surface area contributed by atoms with E-state index >= 15 is 0 Å². The van der Waals surface area contributed by atoms with Gasteiger partial charge >= 0.3 is 0 Å². The van der Waals surface area contributed by atoms with E-state index in [-0.39, 0.29) is 6.10 Å². The van der Waals surface area contributed by atoms with Gasteiger partial charge < -0.3 is 5.11 Å². The Morgan fingerprint density at radius 1 is 1.29 bits per heavy atom. The molecule has 0 spiro atoms. The van der Waals surface area contributed by atoms with Gasteiger partial charge in [0.25, 0.3) is 0 Å². The Morgan fingerprint density at radius 3 is 2.21 bits per heavy atom. The van der Waals surface area contributed by atoms with Crippen LogP contribution in [-0.4, -0.2) is 11.2 Å². The third-order valence-corrected chi connectivity index (χ3v) is 3.60. The van der Waals surface area contributed by atoms with Crippen molar-refractivity contribution < 1.29 is 5.11 Å². The Balaban J connectivity index is 2.79. The van der Waals surface area contributed by atoms with Gasteiger partial charge in [0.2, 0.25) is 0 Å². The van der Waals surface area contributed by atoms with Crippen LogP contribution in [0.25, 0.3) is 0 Å². The van der Waals surface area contributed by atoms with E-state index in [0.29, 0.717) is 0 Å². The Kier molecular flexibility index (Phi) is 4.14. The van der Waals surface area contributed by atoms with Crippen LogP contribution in [0.1, 0.15) is 30.0 Å². The zero-order chi connectivity index (χ0) is 10.7. The van der Waals surface area contributed by atoms with E-state index in [9.17, 15) is 5.11 Å². The minimum atomic E-state index is -0.209. The highest BCUT2D eigenvalue weighted by Gasteiger charge is 2.03. The van der Waals surface area contributed by atoms with Crippen LogP contribution in [0.2, 0.25) is 0 Å². The third kappa shape index (κ3) is 3.10. The molecule has 1 aromatic rings. The number of aliphatic hydroxyl groups excluding tert-OH is 1. The molecule has 0 saturated carbocycles. The van der Waals surface area contributed by atoms with Gasteiger partial charge in [-0.25, -0.2) is 0 Å². The second-order valence-electron chi connectivity index (χ2n) is 3.93. The largest absolute Gasteiger partial charge is 0.393 e. The summed E-state index contributed by atoms with van der Waals surface area (Å²) < 4.78 is 1.19. The van der Waals surface area contributed by atoms with Crippen LogP contribution < -0.4 is 0 Å². The molecule has 0 fully saturated rings. The van der Waals surface area contributed by atoms with Gasteiger partial charge in [0, 0.05) is 4.47 Å². The summed E-state index contributed by atoms with van der Waals surface area (Å²) in [5, 5.41) is 9.20. The van der Waals surface area contributed by atoms with Crippen LogP contribution in [0.5, 0.6) is 0 Å². The van der Waals surface area contributed by atoms with Crippen LogP contribution in [0.4, 0.5) is 0 Å².